The molecular formula is C20H24N2O4S. The molecule has 1 heterocycles. The summed E-state index contributed by atoms with van der Waals surface area (Å²) in [4.78, 5) is 14.7. The summed E-state index contributed by atoms with van der Waals surface area (Å²) in [7, 11) is -2.30. The smallest absolute Gasteiger partial charge is 0.262 e. The lowest BCUT2D eigenvalue weighted by Gasteiger charge is -2.19. The molecule has 2 aromatic carbocycles. The van der Waals surface area contributed by atoms with Gasteiger partial charge in [0.15, 0.2) is 0 Å². The highest BCUT2D eigenvalue weighted by molar-refractivity contribution is 7.92. The normalized spacial score (nSPS) is 14.3. The van der Waals surface area contributed by atoms with Gasteiger partial charge >= 0.3 is 0 Å². The average molecular weight is 388 g/mol. The van der Waals surface area contributed by atoms with E-state index in [1.807, 2.05) is 0 Å². The predicted octanol–water partition coefficient (Wildman–Crippen LogP) is 3.35. The minimum Gasteiger partial charge on any atom is -0.496 e. The molecule has 0 bridgehead atoms. The number of rotatable bonds is 5. The van der Waals surface area contributed by atoms with Crippen LogP contribution >= 0.6 is 0 Å². The van der Waals surface area contributed by atoms with E-state index in [0.29, 0.717) is 35.7 Å². The van der Waals surface area contributed by atoms with Gasteiger partial charge in [0.05, 0.1) is 23.3 Å². The number of carbonyl (C=O) groups is 1. The number of aryl methyl sites for hydroxylation is 2. The monoisotopic (exact) mass is 388 g/mol. The Kier molecular flexibility index (Phi) is 5.41. The van der Waals surface area contributed by atoms with Crippen molar-refractivity contribution in [3.8, 4) is 5.75 Å². The van der Waals surface area contributed by atoms with Crippen LogP contribution in [0.1, 0.15) is 34.3 Å². The maximum Gasteiger partial charge on any atom is 0.262 e. The molecule has 0 saturated carbocycles. The second-order valence-electron chi connectivity index (χ2n) is 6.74. The quantitative estimate of drug-likeness (QED) is 0.852. The molecule has 0 spiro atoms. The van der Waals surface area contributed by atoms with Gasteiger partial charge in [0.25, 0.3) is 15.9 Å². The Hall–Kier alpha value is -2.54. The minimum atomic E-state index is -3.85. The van der Waals surface area contributed by atoms with E-state index in [-0.39, 0.29) is 10.8 Å². The number of ether oxygens (including phenoxy) is 1. The second-order valence-corrected chi connectivity index (χ2v) is 8.39. The van der Waals surface area contributed by atoms with Gasteiger partial charge in [-0.15, -0.1) is 0 Å². The van der Waals surface area contributed by atoms with Crippen molar-refractivity contribution in [2.45, 2.75) is 31.6 Å². The molecule has 6 nitrogen and oxygen atoms in total. The van der Waals surface area contributed by atoms with E-state index in [4.69, 9.17) is 4.74 Å². The van der Waals surface area contributed by atoms with Crippen LogP contribution in [0.25, 0.3) is 0 Å². The number of anilines is 1. The van der Waals surface area contributed by atoms with Crippen LogP contribution in [0.4, 0.5) is 5.69 Å². The van der Waals surface area contributed by atoms with Crippen molar-refractivity contribution in [3.05, 3.63) is 53.1 Å². The number of amides is 1. The number of hydrogen-bond acceptors (Lipinski definition) is 4. The van der Waals surface area contributed by atoms with Crippen LogP contribution < -0.4 is 9.46 Å². The highest BCUT2D eigenvalue weighted by Crippen LogP contribution is 2.28. The molecule has 1 amide bonds. The fourth-order valence-corrected chi connectivity index (χ4v) is 4.71. The molecule has 3 rings (SSSR count). The van der Waals surface area contributed by atoms with E-state index in [1.165, 1.54) is 0 Å². The van der Waals surface area contributed by atoms with Gasteiger partial charge in [0.1, 0.15) is 5.75 Å². The van der Waals surface area contributed by atoms with Crippen LogP contribution in [0.3, 0.4) is 0 Å². The Labute approximate surface area is 160 Å². The Morgan fingerprint density at radius 3 is 2.41 bits per heavy atom. The number of nitrogens with one attached hydrogen (secondary N) is 1. The van der Waals surface area contributed by atoms with E-state index in [2.05, 4.69) is 4.72 Å². The number of likely N-dealkylation sites (tertiary alicyclic amines) is 1. The lowest BCUT2D eigenvalue weighted by molar-refractivity contribution is 0.0794. The van der Waals surface area contributed by atoms with Gasteiger partial charge in [-0.25, -0.2) is 8.42 Å². The third kappa shape index (κ3) is 3.93. The van der Waals surface area contributed by atoms with E-state index in [0.717, 1.165) is 18.4 Å². The first kappa shape index (κ1) is 19.2. The SMILES string of the molecule is COc1cc(C)c(S(=O)(=O)Nc2ccccc2C(=O)N2CCCC2)cc1C. The van der Waals surface area contributed by atoms with Gasteiger partial charge in [-0.3, -0.25) is 9.52 Å². The Morgan fingerprint density at radius 2 is 1.74 bits per heavy atom. The third-order valence-electron chi connectivity index (χ3n) is 4.78. The van der Waals surface area contributed by atoms with Crippen LogP contribution in [-0.2, 0) is 10.0 Å². The predicted molar refractivity (Wildman–Crippen MR) is 105 cm³/mol. The molecule has 1 saturated heterocycles. The van der Waals surface area contributed by atoms with Gasteiger partial charge in [0.2, 0.25) is 0 Å². The summed E-state index contributed by atoms with van der Waals surface area (Å²) < 4.78 is 33.8. The number of para-hydroxylation sites is 1. The summed E-state index contributed by atoms with van der Waals surface area (Å²) >= 11 is 0. The van der Waals surface area contributed by atoms with Crippen LogP contribution in [-0.4, -0.2) is 39.4 Å². The number of methoxy groups -OCH3 is 1. The van der Waals surface area contributed by atoms with Crippen molar-refractivity contribution in [2.24, 2.45) is 0 Å². The van der Waals surface area contributed by atoms with Crippen LogP contribution in [0.5, 0.6) is 5.75 Å². The standard InChI is InChI=1S/C20H24N2O4S/c1-14-13-19(15(2)12-18(14)26-3)27(24,25)21-17-9-5-4-8-16(17)20(23)22-10-6-7-11-22/h4-5,8-9,12-13,21H,6-7,10-11H2,1-3H3. The van der Waals surface area contributed by atoms with Crippen molar-refractivity contribution >= 4 is 21.6 Å². The van der Waals surface area contributed by atoms with Crippen molar-refractivity contribution in [2.75, 3.05) is 24.9 Å². The first-order chi connectivity index (χ1) is 12.8. The Morgan fingerprint density at radius 1 is 1.07 bits per heavy atom. The van der Waals surface area contributed by atoms with Gasteiger partial charge < -0.3 is 9.64 Å². The molecule has 0 radical (unpaired) electrons. The van der Waals surface area contributed by atoms with Gasteiger partial charge in [-0.1, -0.05) is 12.1 Å². The average Bonchev–Trinajstić information content (AvgIpc) is 3.17. The van der Waals surface area contributed by atoms with Crippen molar-refractivity contribution < 1.29 is 17.9 Å². The summed E-state index contributed by atoms with van der Waals surface area (Å²) in [6.07, 6.45) is 1.95. The second kappa shape index (κ2) is 7.60. The molecule has 0 aromatic heterocycles. The number of carbonyl (C=O) groups excluding carboxylic acids is 1. The maximum absolute atomic E-state index is 13.0. The number of nitrogens with zero attached hydrogens (tertiary/aromatic N) is 1. The van der Waals surface area contributed by atoms with Crippen LogP contribution in [0, 0.1) is 13.8 Å². The number of benzene rings is 2. The molecular weight excluding hydrogens is 364 g/mol. The minimum absolute atomic E-state index is 0.145. The Balaban J connectivity index is 1.95. The van der Waals surface area contributed by atoms with Gasteiger partial charge in [-0.2, -0.15) is 0 Å². The lowest BCUT2D eigenvalue weighted by Crippen LogP contribution is -2.29. The van der Waals surface area contributed by atoms with E-state index in [1.54, 1.807) is 62.3 Å². The molecule has 27 heavy (non-hydrogen) atoms. The molecule has 0 aliphatic carbocycles. The number of sulfonamides is 1. The zero-order valence-corrected chi connectivity index (χ0v) is 16.6. The fourth-order valence-electron chi connectivity index (χ4n) is 3.32. The topological polar surface area (TPSA) is 75.7 Å². The lowest BCUT2D eigenvalue weighted by atomic mass is 10.1. The zero-order valence-electron chi connectivity index (χ0n) is 15.8. The van der Waals surface area contributed by atoms with E-state index >= 15 is 0 Å². The summed E-state index contributed by atoms with van der Waals surface area (Å²) in [5.74, 6) is 0.490. The summed E-state index contributed by atoms with van der Waals surface area (Å²) in [6, 6.07) is 10.0. The summed E-state index contributed by atoms with van der Waals surface area (Å²) in [5, 5.41) is 0. The third-order valence-corrected chi connectivity index (χ3v) is 6.28. The van der Waals surface area contributed by atoms with E-state index < -0.39 is 10.0 Å². The van der Waals surface area contributed by atoms with Crippen molar-refractivity contribution in [1.29, 1.82) is 0 Å². The largest absolute Gasteiger partial charge is 0.496 e. The molecule has 1 N–H and O–H groups in total. The molecule has 1 aliphatic heterocycles. The molecule has 1 fully saturated rings. The highest BCUT2D eigenvalue weighted by atomic mass is 32.2. The molecule has 144 valence electrons. The highest BCUT2D eigenvalue weighted by Gasteiger charge is 2.25. The molecule has 0 atom stereocenters. The van der Waals surface area contributed by atoms with Crippen molar-refractivity contribution in [3.63, 3.8) is 0 Å². The van der Waals surface area contributed by atoms with Crippen LogP contribution in [0.15, 0.2) is 41.3 Å². The zero-order chi connectivity index (χ0) is 19.6. The molecule has 7 heteroatoms. The van der Waals surface area contributed by atoms with Crippen LogP contribution in [0.2, 0.25) is 0 Å². The van der Waals surface area contributed by atoms with Gasteiger partial charge in [-0.05, 0) is 62.1 Å². The number of hydrogen-bond donors (Lipinski definition) is 1. The Bertz CT molecular complexity index is 964. The van der Waals surface area contributed by atoms with E-state index in [9.17, 15) is 13.2 Å². The molecule has 2 aromatic rings. The summed E-state index contributed by atoms with van der Waals surface area (Å²) in [5.41, 5.74) is 1.96. The molecule has 1 aliphatic rings. The fraction of sp³-hybridized carbons (Fsp3) is 0.350. The molecule has 0 unspecified atom stereocenters. The van der Waals surface area contributed by atoms with Crippen molar-refractivity contribution in [1.82, 2.24) is 4.90 Å². The van der Waals surface area contributed by atoms with Gasteiger partial charge in [0, 0.05) is 13.1 Å². The first-order valence-electron chi connectivity index (χ1n) is 8.90. The first-order valence-corrected chi connectivity index (χ1v) is 10.4. The maximum atomic E-state index is 13.0. The summed E-state index contributed by atoms with van der Waals surface area (Å²) in [6.45, 7) is 4.92.